The normalized spacial score (nSPS) is 33.1. The maximum atomic E-state index is 15.0. The fourth-order valence-electron chi connectivity index (χ4n) is 10.4. The summed E-state index contributed by atoms with van der Waals surface area (Å²) in [6.45, 7) is 11.1. The van der Waals surface area contributed by atoms with Crippen molar-refractivity contribution in [2.75, 3.05) is 33.6 Å². The number of ketones is 2. The number of nitrogens with one attached hydrogen (secondary N) is 2. The standard InChI is InChI=1S/C51H74FN3O13S/c1-11-40-51(7)45(54-49(61)68-51)38(19-15-18-34-16-13-12-14-17-34)42(57)30(2)28-50(6,64-9)46(32(4)43(58)33(5)47(60)66-40)67-48-44(59)39(26-31(3)65-48)55(8)25-24-41(56)53-36(29-52)27-35-20-22-37(23-21-35)69(10,62)63/h12-14,16-17,20-23,30-33,36,38-40,44-46,48,59H,11,15,18-19,24-29H2,1-10H3,(H,53,56)(H,54,61)/t30-,31-,32+,33-,36?,38+,39+,40-,44-,45?,46-,48+,50?,51?/m1/s1. The third-order valence-corrected chi connectivity index (χ3v) is 15.7. The van der Waals surface area contributed by atoms with Crippen molar-refractivity contribution in [1.29, 1.82) is 0 Å². The highest BCUT2D eigenvalue weighted by Crippen LogP contribution is 2.41. The summed E-state index contributed by atoms with van der Waals surface area (Å²) in [7, 11) is -0.219. The smallest absolute Gasteiger partial charge is 0.408 e. The largest absolute Gasteiger partial charge is 0.458 e. The number of amides is 2. The van der Waals surface area contributed by atoms with Crippen LogP contribution >= 0.6 is 0 Å². The van der Waals surface area contributed by atoms with Crippen molar-refractivity contribution < 1.29 is 65.6 Å². The van der Waals surface area contributed by atoms with Gasteiger partial charge in [-0.25, -0.2) is 17.6 Å². The van der Waals surface area contributed by atoms with E-state index in [9.17, 15) is 37.1 Å². The summed E-state index contributed by atoms with van der Waals surface area (Å²) in [5, 5.41) is 17.6. The molecule has 0 saturated carbocycles. The van der Waals surface area contributed by atoms with Gasteiger partial charge in [-0.05, 0) is 103 Å². The molecule has 0 bridgehead atoms. The molecule has 2 aromatic carbocycles. The van der Waals surface area contributed by atoms with Crippen LogP contribution in [0.15, 0.2) is 59.5 Å². The molecule has 2 amide bonds. The van der Waals surface area contributed by atoms with Crippen LogP contribution in [-0.4, -0.2) is 142 Å². The molecule has 0 aromatic heterocycles. The summed E-state index contributed by atoms with van der Waals surface area (Å²) < 4.78 is 69.0. The molecule has 3 saturated heterocycles. The number of hydrogen-bond acceptors (Lipinski definition) is 14. The van der Waals surface area contributed by atoms with Gasteiger partial charge >= 0.3 is 12.1 Å². The molecule has 0 spiro atoms. The van der Waals surface area contributed by atoms with Gasteiger partial charge in [-0.1, -0.05) is 63.2 Å². The number of sulfone groups is 1. The van der Waals surface area contributed by atoms with Crippen LogP contribution in [-0.2, 0) is 65.5 Å². The van der Waals surface area contributed by atoms with Crippen molar-refractivity contribution >= 4 is 39.4 Å². The Hall–Kier alpha value is -4.33. The molecule has 3 aliphatic rings. The summed E-state index contributed by atoms with van der Waals surface area (Å²) >= 11 is 0. The summed E-state index contributed by atoms with van der Waals surface area (Å²) in [4.78, 5) is 71.7. The van der Waals surface area contributed by atoms with Crippen LogP contribution in [0, 0.1) is 23.7 Å². The predicted molar refractivity (Wildman–Crippen MR) is 254 cm³/mol. The molecule has 69 heavy (non-hydrogen) atoms. The molecular formula is C51H74FN3O13S. The van der Waals surface area contributed by atoms with Crippen molar-refractivity contribution in [1.82, 2.24) is 15.5 Å². The van der Waals surface area contributed by atoms with E-state index in [4.69, 9.17) is 23.7 Å². The number of aliphatic hydroxyl groups is 1. The second-order valence-corrected chi connectivity index (χ2v) is 21.9. The number of halogens is 1. The summed E-state index contributed by atoms with van der Waals surface area (Å²) in [5.74, 6) is -5.89. The first-order valence-corrected chi connectivity index (χ1v) is 26.0. The Labute approximate surface area is 407 Å². The number of carbonyl (C=O) groups is 5. The van der Waals surface area contributed by atoms with E-state index in [1.54, 1.807) is 58.7 Å². The van der Waals surface area contributed by atoms with E-state index < -0.39 is 124 Å². The van der Waals surface area contributed by atoms with Crippen LogP contribution in [0.4, 0.5) is 9.18 Å². The molecule has 5 rings (SSSR count). The third kappa shape index (κ3) is 13.6. The number of alkyl carbamates (subject to hydrolysis) is 1. The number of Topliss-reactive ketones (excluding diaryl/α,β-unsaturated/α-hetero) is 2. The number of esters is 1. The molecular weight excluding hydrogens is 914 g/mol. The Morgan fingerprint density at radius 3 is 2.29 bits per heavy atom. The van der Waals surface area contributed by atoms with Gasteiger partial charge in [0, 0.05) is 50.1 Å². The Bertz CT molecular complexity index is 2200. The molecule has 3 heterocycles. The minimum atomic E-state index is -3.40. The zero-order valence-electron chi connectivity index (χ0n) is 41.8. The molecule has 3 N–H and O–H groups in total. The first-order valence-electron chi connectivity index (χ1n) is 24.2. The fraction of sp³-hybridized carbons (Fsp3) is 0.667. The number of likely N-dealkylation sites (N-methyl/N-ethyl adjacent to an activating group) is 1. The lowest BCUT2D eigenvalue weighted by Gasteiger charge is -2.47. The molecule has 0 aliphatic carbocycles. The van der Waals surface area contributed by atoms with Gasteiger partial charge in [0.2, 0.25) is 5.91 Å². The molecule has 14 atom stereocenters. The average molecular weight is 988 g/mol. The van der Waals surface area contributed by atoms with Gasteiger partial charge in [-0.2, -0.15) is 0 Å². The summed E-state index contributed by atoms with van der Waals surface area (Å²) in [6, 6.07) is 13.6. The number of cyclic esters (lactones) is 1. The molecule has 2 aromatic rings. The number of fused-ring (bicyclic) bond motifs is 1. The highest BCUT2D eigenvalue weighted by molar-refractivity contribution is 7.90. The first-order chi connectivity index (χ1) is 32.5. The first kappa shape index (κ1) is 55.6. The number of aryl methyl sites for hydroxylation is 1. The Morgan fingerprint density at radius 1 is 1.01 bits per heavy atom. The van der Waals surface area contributed by atoms with Gasteiger partial charge < -0.3 is 44.3 Å². The Morgan fingerprint density at radius 2 is 1.68 bits per heavy atom. The molecule has 4 unspecified atom stereocenters. The van der Waals surface area contributed by atoms with Crippen molar-refractivity contribution in [3.05, 3.63) is 65.7 Å². The quantitative estimate of drug-likeness (QED) is 0.135. The van der Waals surface area contributed by atoms with Crippen LogP contribution in [0.3, 0.4) is 0 Å². The number of alkyl halides is 1. The zero-order valence-corrected chi connectivity index (χ0v) is 42.6. The number of methoxy groups -OCH3 is 1. The van der Waals surface area contributed by atoms with E-state index in [0.29, 0.717) is 31.2 Å². The average Bonchev–Trinajstić information content (AvgIpc) is 3.63. The molecule has 384 valence electrons. The van der Waals surface area contributed by atoms with Crippen LogP contribution in [0.2, 0.25) is 0 Å². The van der Waals surface area contributed by atoms with Crippen LogP contribution < -0.4 is 10.6 Å². The monoisotopic (exact) mass is 987 g/mol. The lowest BCUT2D eigenvalue weighted by molar-refractivity contribution is -0.296. The Kier molecular flexibility index (Phi) is 19.1. The van der Waals surface area contributed by atoms with E-state index in [-0.39, 0.29) is 42.9 Å². The molecule has 16 nitrogen and oxygen atoms in total. The molecule has 3 aliphatic heterocycles. The van der Waals surface area contributed by atoms with Gasteiger partial charge in [-0.15, -0.1) is 0 Å². The van der Waals surface area contributed by atoms with Crippen molar-refractivity contribution in [2.45, 2.75) is 165 Å². The van der Waals surface area contributed by atoms with Gasteiger partial charge in [0.15, 0.2) is 27.5 Å². The highest BCUT2D eigenvalue weighted by Gasteiger charge is 2.58. The van der Waals surface area contributed by atoms with Gasteiger partial charge in [0.1, 0.15) is 30.6 Å². The third-order valence-electron chi connectivity index (χ3n) is 14.5. The van der Waals surface area contributed by atoms with Crippen LogP contribution in [0.1, 0.15) is 98.1 Å². The lowest BCUT2D eigenvalue weighted by atomic mass is 9.72. The topological polar surface area (TPSA) is 213 Å². The van der Waals surface area contributed by atoms with Gasteiger partial charge in [0.05, 0.1) is 34.8 Å². The van der Waals surface area contributed by atoms with Crippen LogP contribution in [0.5, 0.6) is 0 Å². The second kappa shape index (κ2) is 23.7. The molecule has 3 fully saturated rings. The van der Waals surface area contributed by atoms with Gasteiger partial charge in [0.25, 0.3) is 0 Å². The number of benzene rings is 2. The number of hydrogen-bond donors (Lipinski definition) is 3. The van der Waals surface area contributed by atoms with E-state index >= 15 is 4.79 Å². The SMILES string of the molecule is CC[C@H]1OC(=O)[C@H](C)C(=O)[C@H](C)[C@@H](O[C@@H]2O[C@H](C)C[C@H](N(C)CCC(=O)NC(CF)Cc3ccc(S(C)(=O)=O)cc3)[C@H]2O)C(C)(OC)C[C@@H](C)C(=O)[C@H](CCCc2ccccc2)C2NC(=O)OC21C. The highest BCUT2D eigenvalue weighted by atomic mass is 32.2. The van der Waals surface area contributed by atoms with Crippen molar-refractivity contribution in [3.63, 3.8) is 0 Å². The molecule has 0 radical (unpaired) electrons. The van der Waals surface area contributed by atoms with Crippen LogP contribution in [0.25, 0.3) is 0 Å². The minimum absolute atomic E-state index is 0.0384. The fourth-order valence-corrected chi connectivity index (χ4v) is 11.1. The van der Waals surface area contributed by atoms with E-state index in [1.165, 1.54) is 26.2 Å². The number of carbonyl (C=O) groups excluding carboxylic acids is 5. The lowest BCUT2D eigenvalue weighted by Crippen LogP contribution is -2.60. The number of rotatable bonds is 17. The maximum absolute atomic E-state index is 15.0. The number of ether oxygens (including phenoxy) is 5. The second-order valence-electron chi connectivity index (χ2n) is 19.9. The zero-order chi connectivity index (χ0) is 51.0. The van der Waals surface area contributed by atoms with E-state index in [0.717, 1.165) is 11.8 Å². The minimum Gasteiger partial charge on any atom is -0.458 e. The summed E-state index contributed by atoms with van der Waals surface area (Å²) in [6.07, 6.45) is -2.61. The Balaban J connectivity index is 1.37. The predicted octanol–water partition coefficient (Wildman–Crippen LogP) is 5.34. The summed E-state index contributed by atoms with van der Waals surface area (Å²) in [5.41, 5.74) is -1.10. The van der Waals surface area contributed by atoms with E-state index in [1.807, 2.05) is 37.3 Å². The van der Waals surface area contributed by atoms with E-state index in [2.05, 4.69) is 10.6 Å². The number of nitrogens with zero attached hydrogens (tertiary/aromatic N) is 1. The maximum Gasteiger partial charge on any atom is 0.408 e. The molecule has 18 heteroatoms. The van der Waals surface area contributed by atoms with Crippen molar-refractivity contribution in [2.24, 2.45) is 23.7 Å². The van der Waals surface area contributed by atoms with Crippen molar-refractivity contribution in [3.8, 4) is 0 Å². The number of aliphatic hydroxyl groups excluding tert-OH is 1. The van der Waals surface area contributed by atoms with Gasteiger partial charge in [-0.3, -0.25) is 19.2 Å².